The molecule has 234 valence electrons. The summed E-state index contributed by atoms with van der Waals surface area (Å²) in [4.78, 5) is 16.8. The van der Waals surface area contributed by atoms with E-state index in [9.17, 15) is 0 Å². The third kappa shape index (κ3) is 8.96. The van der Waals surface area contributed by atoms with Gasteiger partial charge in [0, 0.05) is 24.2 Å². The van der Waals surface area contributed by atoms with Crippen LogP contribution in [0.4, 0.5) is 0 Å². The number of ether oxygens (including phenoxy) is 1. The van der Waals surface area contributed by atoms with Crippen molar-refractivity contribution in [3.8, 4) is 16.9 Å². The van der Waals surface area contributed by atoms with Crippen LogP contribution in [0.2, 0.25) is 0 Å². The van der Waals surface area contributed by atoms with Crippen molar-refractivity contribution in [2.24, 2.45) is 10.3 Å². The topological polar surface area (TPSA) is 58.9 Å². The van der Waals surface area contributed by atoms with Gasteiger partial charge in [-0.15, -0.1) is 24.8 Å². The Labute approximate surface area is 269 Å². The summed E-state index contributed by atoms with van der Waals surface area (Å²) in [5, 5.41) is 9.71. The molecule has 1 aliphatic carbocycles. The van der Waals surface area contributed by atoms with Crippen molar-refractivity contribution in [2.75, 3.05) is 59.6 Å². The molecule has 0 radical (unpaired) electrons. The first kappa shape index (κ1) is 36.1. The summed E-state index contributed by atoms with van der Waals surface area (Å²) in [6.45, 7) is 15.2. The van der Waals surface area contributed by atoms with Gasteiger partial charge in [0.05, 0.1) is 13.0 Å². The van der Waals surface area contributed by atoms with Crippen LogP contribution < -0.4 is 4.74 Å². The fraction of sp³-hybridized carbons (Fsp3) is 0.412. The van der Waals surface area contributed by atoms with E-state index in [2.05, 4.69) is 98.2 Å². The van der Waals surface area contributed by atoms with Gasteiger partial charge < -0.3 is 24.2 Å². The number of hydrogen-bond donors (Lipinski definition) is 0. The van der Waals surface area contributed by atoms with Crippen LogP contribution in [-0.2, 0) is 9.68 Å². The van der Waals surface area contributed by atoms with Gasteiger partial charge >= 0.3 is 0 Å². The van der Waals surface area contributed by atoms with Crippen molar-refractivity contribution in [3.63, 3.8) is 0 Å². The van der Waals surface area contributed by atoms with Gasteiger partial charge in [0.2, 0.25) is 0 Å². The minimum atomic E-state index is -0.312. The molecule has 9 heteroatoms. The van der Waals surface area contributed by atoms with E-state index in [1.165, 1.54) is 0 Å². The average Bonchev–Trinajstić information content (AvgIpc) is 3.14. The fourth-order valence-electron chi connectivity index (χ4n) is 5.29. The summed E-state index contributed by atoms with van der Waals surface area (Å²) in [6, 6.07) is 24.9. The van der Waals surface area contributed by atoms with Crippen molar-refractivity contribution in [1.29, 1.82) is 0 Å². The number of methoxy groups -OCH3 is 1. The molecule has 0 bridgehead atoms. The molecule has 0 saturated heterocycles. The van der Waals surface area contributed by atoms with E-state index in [4.69, 9.17) is 24.7 Å². The molecule has 0 unspecified atom stereocenters. The van der Waals surface area contributed by atoms with Crippen molar-refractivity contribution < 1.29 is 14.4 Å². The lowest BCUT2D eigenvalue weighted by molar-refractivity contribution is 0.112. The third-order valence-corrected chi connectivity index (χ3v) is 7.80. The molecule has 0 N–H and O–H groups in total. The molecule has 3 aromatic carbocycles. The number of benzene rings is 3. The summed E-state index contributed by atoms with van der Waals surface area (Å²) in [5.41, 5.74) is 6.91. The zero-order valence-electron chi connectivity index (χ0n) is 26.0. The Morgan fingerprint density at radius 1 is 0.581 bits per heavy atom. The number of hydrogen-bond acceptors (Lipinski definition) is 7. The lowest BCUT2D eigenvalue weighted by Crippen LogP contribution is -2.28. The highest BCUT2D eigenvalue weighted by atomic mass is 35.5. The van der Waals surface area contributed by atoms with Gasteiger partial charge in [0.25, 0.3) is 0 Å². The molecule has 4 rings (SSSR count). The van der Waals surface area contributed by atoms with E-state index in [0.717, 1.165) is 84.3 Å². The molecule has 1 aliphatic rings. The Bertz CT molecular complexity index is 1230. The van der Waals surface area contributed by atoms with Crippen molar-refractivity contribution in [1.82, 2.24) is 9.80 Å². The SMILES string of the molecule is CCN(CC)CCON=C1c2ccccc2-c2ccccc2C(=NOCCN(CC)CC)C1c1ccc(OC)cc1.Cl.Cl. The first-order valence-corrected chi connectivity index (χ1v) is 14.8. The first-order chi connectivity index (χ1) is 20.1. The minimum Gasteiger partial charge on any atom is -0.497 e. The van der Waals surface area contributed by atoms with Gasteiger partial charge in [-0.05, 0) is 55.0 Å². The Hall–Kier alpha value is -3.10. The van der Waals surface area contributed by atoms with E-state index >= 15 is 0 Å². The zero-order chi connectivity index (χ0) is 29.0. The molecule has 0 fully saturated rings. The highest BCUT2D eigenvalue weighted by molar-refractivity contribution is 6.29. The molecule has 0 amide bonds. The standard InChI is InChI=1S/C34H44N4O3.2ClH/c1-6-37(7-2)22-24-40-35-33-30-16-12-10-14-28(30)29-15-11-13-17-31(29)34(36-41-25-23-38(8-3)9-4)32(33)26-18-20-27(39-5)21-19-26;;/h10-21,32H,6-9,22-25H2,1-5H3;2*1H. The Kier molecular flexibility index (Phi) is 15.6. The molecule has 0 aliphatic heterocycles. The van der Waals surface area contributed by atoms with Crippen LogP contribution in [0.5, 0.6) is 5.75 Å². The largest absolute Gasteiger partial charge is 0.497 e. The van der Waals surface area contributed by atoms with Crippen LogP contribution in [0.15, 0.2) is 83.1 Å². The normalized spacial score (nSPS) is 15.7. The summed E-state index contributed by atoms with van der Waals surface area (Å²) in [6.07, 6.45) is 0. The summed E-state index contributed by atoms with van der Waals surface area (Å²) in [7, 11) is 1.68. The van der Waals surface area contributed by atoms with Crippen LogP contribution in [0, 0.1) is 0 Å². The molecular weight excluding hydrogens is 583 g/mol. The van der Waals surface area contributed by atoms with Crippen LogP contribution in [0.1, 0.15) is 50.3 Å². The predicted octanol–water partition coefficient (Wildman–Crippen LogP) is 7.13. The predicted molar refractivity (Wildman–Crippen MR) is 183 cm³/mol. The van der Waals surface area contributed by atoms with Crippen molar-refractivity contribution >= 4 is 36.2 Å². The molecule has 0 aromatic heterocycles. The van der Waals surface area contributed by atoms with E-state index < -0.39 is 0 Å². The van der Waals surface area contributed by atoms with E-state index in [-0.39, 0.29) is 30.7 Å². The van der Waals surface area contributed by atoms with Crippen LogP contribution >= 0.6 is 24.8 Å². The maximum atomic E-state index is 6.07. The fourth-order valence-corrected chi connectivity index (χ4v) is 5.29. The molecule has 0 saturated carbocycles. The molecule has 0 heterocycles. The second kappa shape index (κ2) is 18.5. The molecule has 3 aromatic rings. The average molecular weight is 630 g/mol. The highest BCUT2D eigenvalue weighted by Gasteiger charge is 2.34. The van der Waals surface area contributed by atoms with Crippen molar-refractivity contribution in [2.45, 2.75) is 33.6 Å². The van der Waals surface area contributed by atoms with Gasteiger partial charge in [0.15, 0.2) is 0 Å². The van der Waals surface area contributed by atoms with Crippen LogP contribution in [-0.4, -0.2) is 80.8 Å². The second-order valence-corrected chi connectivity index (χ2v) is 9.97. The number of oxime groups is 2. The molecule has 0 spiro atoms. The number of likely N-dealkylation sites (N-methyl/N-ethyl adjacent to an activating group) is 2. The van der Waals surface area contributed by atoms with Crippen LogP contribution in [0.25, 0.3) is 11.1 Å². The first-order valence-electron chi connectivity index (χ1n) is 14.8. The monoisotopic (exact) mass is 628 g/mol. The number of fused-ring (bicyclic) bond motifs is 3. The quantitative estimate of drug-likeness (QED) is 0.140. The third-order valence-electron chi connectivity index (χ3n) is 7.80. The zero-order valence-corrected chi connectivity index (χ0v) is 27.6. The maximum absolute atomic E-state index is 6.07. The number of rotatable bonds is 14. The number of nitrogens with zero attached hydrogens (tertiary/aromatic N) is 4. The molecule has 7 nitrogen and oxygen atoms in total. The smallest absolute Gasteiger partial charge is 0.129 e. The van der Waals surface area contributed by atoms with Gasteiger partial charge in [-0.2, -0.15) is 0 Å². The van der Waals surface area contributed by atoms with Gasteiger partial charge in [-0.1, -0.05) is 98.7 Å². The molecule has 0 atom stereocenters. The van der Waals surface area contributed by atoms with Gasteiger partial charge in [-0.25, -0.2) is 0 Å². The minimum absolute atomic E-state index is 0. The summed E-state index contributed by atoms with van der Waals surface area (Å²) in [5.74, 6) is 0.485. The summed E-state index contributed by atoms with van der Waals surface area (Å²) >= 11 is 0. The number of halogens is 2. The van der Waals surface area contributed by atoms with E-state index in [1.807, 2.05) is 12.1 Å². The summed E-state index contributed by atoms with van der Waals surface area (Å²) < 4.78 is 5.47. The lowest BCUT2D eigenvalue weighted by atomic mass is 9.85. The van der Waals surface area contributed by atoms with E-state index in [1.54, 1.807) is 7.11 Å². The Morgan fingerprint density at radius 2 is 0.977 bits per heavy atom. The molecule has 43 heavy (non-hydrogen) atoms. The second-order valence-electron chi connectivity index (χ2n) is 9.97. The van der Waals surface area contributed by atoms with Crippen LogP contribution in [0.3, 0.4) is 0 Å². The van der Waals surface area contributed by atoms with Gasteiger partial charge in [-0.3, -0.25) is 0 Å². The van der Waals surface area contributed by atoms with Gasteiger partial charge in [0.1, 0.15) is 30.4 Å². The van der Waals surface area contributed by atoms with Crippen molar-refractivity contribution in [3.05, 3.63) is 89.5 Å². The lowest BCUT2D eigenvalue weighted by Gasteiger charge is -2.22. The molecular formula is C34H46Cl2N4O3. The Balaban J connectivity index is 0.00000323. The highest BCUT2D eigenvalue weighted by Crippen LogP contribution is 2.39. The van der Waals surface area contributed by atoms with E-state index in [0.29, 0.717) is 13.2 Å². The Morgan fingerprint density at radius 3 is 1.35 bits per heavy atom. The maximum Gasteiger partial charge on any atom is 0.129 e.